The third-order valence-corrected chi connectivity index (χ3v) is 4.84. The van der Waals surface area contributed by atoms with Gasteiger partial charge in [-0.1, -0.05) is 42.5 Å². The molecule has 3 aromatic carbocycles. The molecule has 5 nitrogen and oxygen atoms in total. The molecular formula is C24H21N3O2. The highest BCUT2D eigenvalue weighted by Gasteiger charge is 2.14. The summed E-state index contributed by atoms with van der Waals surface area (Å²) in [7, 11) is 0. The largest absolute Gasteiger partial charge is 0.416 e. The smallest absolute Gasteiger partial charge is 0.251 e. The zero-order valence-corrected chi connectivity index (χ0v) is 16.3. The Labute approximate surface area is 169 Å². The topological polar surface area (TPSA) is 68.0 Å². The molecule has 0 saturated carbocycles. The zero-order chi connectivity index (χ0) is 20.2. The quantitative estimate of drug-likeness (QED) is 0.514. The van der Waals surface area contributed by atoms with E-state index in [2.05, 4.69) is 15.5 Å². The summed E-state index contributed by atoms with van der Waals surface area (Å²) >= 11 is 0. The molecule has 0 bridgehead atoms. The first-order valence-electron chi connectivity index (χ1n) is 9.47. The van der Waals surface area contributed by atoms with Crippen LogP contribution < -0.4 is 5.32 Å². The van der Waals surface area contributed by atoms with Crippen molar-refractivity contribution < 1.29 is 9.21 Å². The number of amides is 1. The number of rotatable bonds is 5. The summed E-state index contributed by atoms with van der Waals surface area (Å²) in [4.78, 5) is 12.6. The first-order chi connectivity index (χ1) is 14.1. The lowest BCUT2D eigenvalue weighted by atomic mass is 10.0. The summed E-state index contributed by atoms with van der Waals surface area (Å²) in [6.45, 7) is 4.03. The summed E-state index contributed by atoms with van der Waals surface area (Å²) in [5.74, 6) is 0.765. The Kier molecular flexibility index (Phi) is 5.20. The van der Waals surface area contributed by atoms with E-state index in [4.69, 9.17) is 4.42 Å². The van der Waals surface area contributed by atoms with Crippen LogP contribution in [0.4, 0.5) is 0 Å². The Bertz CT molecular complexity index is 1120. The molecule has 0 saturated heterocycles. The Morgan fingerprint density at radius 2 is 1.41 bits per heavy atom. The third-order valence-electron chi connectivity index (χ3n) is 4.84. The van der Waals surface area contributed by atoms with Crippen LogP contribution in [-0.4, -0.2) is 16.1 Å². The number of carbonyl (C=O) groups excluding carboxylic acids is 1. The zero-order valence-electron chi connectivity index (χ0n) is 16.3. The van der Waals surface area contributed by atoms with Crippen LogP contribution in [0.3, 0.4) is 0 Å². The summed E-state index contributed by atoms with van der Waals surface area (Å²) in [6.07, 6.45) is 0. The van der Waals surface area contributed by atoms with Gasteiger partial charge in [-0.3, -0.25) is 4.79 Å². The molecule has 4 rings (SSSR count). The van der Waals surface area contributed by atoms with Crippen molar-refractivity contribution in [2.24, 2.45) is 0 Å². The number of hydrogen-bond acceptors (Lipinski definition) is 4. The average Bonchev–Trinajstić information content (AvgIpc) is 3.25. The van der Waals surface area contributed by atoms with E-state index in [-0.39, 0.29) is 11.9 Å². The number of nitrogens with one attached hydrogen (secondary N) is 1. The first-order valence-corrected chi connectivity index (χ1v) is 9.47. The van der Waals surface area contributed by atoms with E-state index in [0.717, 1.165) is 22.3 Å². The Hall–Kier alpha value is -3.73. The Balaban J connectivity index is 1.47. The highest BCUT2D eigenvalue weighted by atomic mass is 16.4. The maximum Gasteiger partial charge on any atom is 0.251 e. The number of aromatic nitrogens is 2. The minimum atomic E-state index is -0.122. The van der Waals surface area contributed by atoms with Gasteiger partial charge in [0, 0.05) is 16.7 Å². The van der Waals surface area contributed by atoms with E-state index in [1.54, 1.807) is 12.1 Å². The SMILES string of the molecule is Cc1ccccc1[C@H](C)NC(=O)c1ccc(-c2nnc(-c3ccccc3)o2)cc1. The van der Waals surface area contributed by atoms with E-state index < -0.39 is 0 Å². The maximum atomic E-state index is 12.6. The molecule has 4 aromatic rings. The van der Waals surface area contributed by atoms with E-state index in [1.165, 1.54) is 0 Å². The normalized spacial score (nSPS) is 11.8. The minimum Gasteiger partial charge on any atom is -0.416 e. The average molecular weight is 383 g/mol. The third kappa shape index (κ3) is 4.09. The predicted octanol–water partition coefficient (Wildman–Crippen LogP) is 5.20. The van der Waals surface area contributed by atoms with Crippen molar-refractivity contribution >= 4 is 5.91 Å². The molecule has 0 radical (unpaired) electrons. The van der Waals surface area contributed by atoms with Crippen molar-refractivity contribution in [1.82, 2.24) is 15.5 Å². The Morgan fingerprint density at radius 1 is 0.828 bits per heavy atom. The summed E-state index contributed by atoms with van der Waals surface area (Å²) in [5.41, 5.74) is 4.48. The molecule has 1 amide bonds. The predicted molar refractivity (Wildman–Crippen MR) is 112 cm³/mol. The van der Waals surface area contributed by atoms with Crippen LogP contribution in [0.15, 0.2) is 83.3 Å². The van der Waals surface area contributed by atoms with Gasteiger partial charge in [-0.15, -0.1) is 10.2 Å². The number of hydrogen-bond donors (Lipinski definition) is 1. The second kappa shape index (κ2) is 8.10. The van der Waals surface area contributed by atoms with Gasteiger partial charge in [0.05, 0.1) is 6.04 Å². The van der Waals surface area contributed by atoms with Gasteiger partial charge in [-0.05, 0) is 61.4 Å². The fraction of sp³-hybridized carbons (Fsp3) is 0.125. The molecular weight excluding hydrogens is 362 g/mol. The van der Waals surface area contributed by atoms with Gasteiger partial charge in [-0.2, -0.15) is 0 Å². The number of aryl methyl sites for hydroxylation is 1. The lowest BCUT2D eigenvalue weighted by molar-refractivity contribution is 0.0940. The number of benzene rings is 3. The first kappa shape index (κ1) is 18.6. The molecule has 0 fully saturated rings. The van der Waals surface area contributed by atoms with Crippen molar-refractivity contribution in [3.8, 4) is 22.9 Å². The van der Waals surface area contributed by atoms with Crippen LogP contribution in [0.25, 0.3) is 22.9 Å². The van der Waals surface area contributed by atoms with E-state index in [9.17, 15) is 4.79 Å². The van der Waals surface area contributed by atoms with Crippen LogP contribution in [0, 0.1) is 6.92 Å². The second-order valence-electron chi connectivity index (χ2n) is 6.91. The molecule has 1 aromatic heterocycles. The van der Waals surface area contributed by atoms with Gasteiger partial charge in [-0.25, -0.2) is 0 Å². The molecule has 0 aliphatic rings. The van der Waals surface area contributed by atoms with Gasteiger partial charge >= 0.3 is 0 Å². The molecule has 1 N–H and O–H groups in total. The van der Waals surface area contributed by atoms with Crippen LogP contribution in [0.2, 0.25) is 0 Å². The fourth-order valence-electron chi connectivity index (χ4n) is 3.23. The fourth-order valence-corrected chi connectivity index (χ4v) is 3.23. The van der Waals surface area contributed by atoms with Crippen molar-refractivity contribution in [3.63, 3.8) is 0 Å². The second-order valence-corrected chi connectivity index (χ2v) is 6.91. The molecule has 29 heavy (non-hydrogen) atoms. The minimum absolute atomic E-state index is 0.0762. The van der Waals surface area contributed by atoms with Crippen LogP contribution in [-0.2, 0) is 0 Å². The van der Waals surface area contributed by atoms with Crippen LogP contribution >= 0.6 is 0 Å². The summed E-state index contributed by atoms with van der Waals surface area (Å²) in [6, 6.07) is 24.7. The molecule has 1 atom stereocenters. The van der Waals surface area contributed by atoms with Crippen molar-refractivity contribution in [1.29, 1.82) is 0 Å². The van der Waals surface area contributed by atoms with Crippen molar-refractivity contribution in [2.45, 2.75) is 19.9 Å². The van der Waals surface area contributed by atoms with Gasteiger partial charge < -0.3 is 9.73 Å². The molecule has 0 unspecified atom stereocenters. The molecule has 0 aliphatic heterocycles. The molecule has 144 valence electrons. The lowest BCUT2D eigenvalue weighted by Gasteiger charge is -2.16. The van der Waals surface area contributed by atoms with Gasteiger partial charge in [0.2, 0.25) is 11.8 Å². The highest BCUT2D eigenvalue weighted by Crippen LogP contribution is 2.24. The van der Waals surface area contributed by atoms with E-state index in [0.29, 0.717) is 17.3 Å². The molecule has 1 heterocycles. The van der Waals surface area contributed by atoms with Crippen molar-refractivity contribution in [2.75, 3.05) is 0 Å². The number of nitrogens with zero attached hydrogens (tertiary/aromatic N) is 2. The van der Waals surface area contributed by atoms with Gasteiger partial charge in [0.15, 0.2) is 0 Å². The monoisotopic (exact) mass is 383 g/mol. The van der Waals surface area contributed by atoms with E-state index in [1.807, 2.05) is 80.6 Å². The summed E-state index contributed by atoms with van der Waals surface area (Å²) in [5, 5.41) is 11.3. The Morgan fingerprint density at radius 3 is 2.07 bits per heavy atom. The van der Waals surface area contributed by atoms with Crippen molar-refractivity contribution in [3.05, 3.63) is 95.6 Å². The van der Waals surface area contributed by atoms with Gasteiger partial charge in [0.25, 0.3) is 5.91 Å². The van der Waals surface area contributed by atoms with Crippen LogP contribution in [0.1, 0.15) is 34.5 Å². The standard InChI is InChI=1S/C24H21N3O2/c1-16-8-6-7-11-21(16)17(2)25-22(28)18-12-14-20(15-13-18)24-27-26-23(29-24)19-9-4-3-5-10-19/h3-15,17H,1-2H3,(H,25,28)/t17-/m0/s1. The van der Waals surface area contributed by atoms with Gasteiger partial charge in [0.1, 0.15) is 0 Å². The van der Waals surface area contributed by atoms with E-state index >= 15 is 0 Å². The van der Waals surface area contributed by atoms with Crippen LogP contribution in [0.5, 0.6) is 0 Å². The highest BCUT2D eigenvalue weighted by molar-refractivity contribution is 5.94. The molecule has 0 spiro atoms. The molecule has 0 aliphatic carbocycles. The maximum absolute atomic E-state index is 12.6. The lowest BCUT2D eigenvalue weighted by Crippen LogP contribution is -2.27. The molecule has 5 heteroatoms. The number of carbonyl (C=O) groups is 1. The summed E-state index contributed by atoms with van der Waals surface area (Å²) < 4.78 is 5.77.